The van der Waals surface area contributed by atoms with E-state index in [2.05, 4.69) is 16.0 Å². The van der Waals surface area contributed by atoms with E-state index < -0.39 is 5.91 Å². The molecule has 0 unspecified atom stereocenters. The third-order valence-electron chi connectivity index (χ3n) is 4.32. The molecule has 0 spiro atoms. The number of nitrogens with one attached hydrogen (secondary N) is 3. The molecule has 3 aromatic rings. The molecule has 8 heteroatoms. The third-order valence-corrected chi connectivity index (χ3v) is 4.52. The fourth-order valence-corrected chi connectivity index (χ4v) is 2.96. The van der Waals surface area contributed by atoms with Crippen molar-refractivity contribution < 1.29 is 19.1 Å². The fourth-order valence-electron chi connectivity index (χ4n) is 2.75. The monoisotopic (exact) mass is 435 g/mol. The van der Waals surface area contributed by atoms with E-state index >= 15 is 0 Å². The minimum atomic E-state index is -0.413. The lowest BCUT2D eigenvalue weighted by atomic mass is 10.2. The third kappa shape index (κ3) is 5.80. The molecule has 3 aromatic carbocycles. The molecule has 0 saturated heterocycles. The average molecular weight is 436 g/mol. The Bertz CT molecular complexity index is 1090. The van der Waals surface area contributed by atoms with Crippen molar-refractivity contribution in [1.82, 2.24) is 5.32 Å². The summed E-state index contributed by atoms with van der Waals surface area (Å²) in [6, 6.07) is 20.8. The van der Waals surface area contributed by atoms with E-state index in [1.807, 2.05) is 6.07 Å². The van der Waals surface area contributed by atoms with Crippen molar-refractivity contribution in [3.05, 3.63) is 83.9 Å². The van der Waals surface area contributed by atoms with Crippen LogP contribution in [0.3, 0.4) is 0 Å². The Morgan fingerprint density at radius 3 is 2.03 bits per heavy atom. The van der Waals surface area contributed by atoms with Gasteiger partial charge in [-0.1, -0.05) is 18.2 Å². The molecule has 0 aliphatic carbocycles. The summed E-state index contributed by atoms with van der Waals surface area (Å²) in [4.78, 5) is 24.7. The zero-order chi connectivity index (χ0) is 22.2. The van der Waals surface area contributed by atoms with E-state index in [1.165, 1.54) is 14.2 Å². The number of hydrogen-bond acceptors (Lipinski definition) is 5. The van der Waals surface area contributed by atoms with Gasteiger partial charge >= 0.3 is 0 Å². The van der Waals surface area contributed by atoms with Crippen LogP contribution in [-0.2, 0) is 0 Å². The molecule has 31 heavy (non-hydrogen) atoms. The largest absolute Gasteiger partial charge is 0.497 e. The Kier molecular flexibility index (Phi) is 7.18. The molecule has 0 atom stereocenters. The maximum Gasteiger partial charge on any atom is 0.261 e. The highest BCUT2D eigenvalue weighted by Crippen LogP contribution is 2.24. The molecule has 7 nitrogen and oxygen atoms in total. The maximum absolute atomic E-state index is 12.5. The van der Waals surface area contributed by atoms with Gasteiger partial charge in [0.1, 0.15) is 11.5 Å². The van der Waals surface area contributed by atoms with Crippen molar-refractivity contribution in [1.29, 1.82) is 0 Å². The number of thiocarbonyl (C=S) groups is 1. The first-order valence-corrected chi connectivity index (χ1v) is 9.72. The van der Waals surface area contributed by atoms with Gasteiger partial charge in [0.15, 0.2) is 5.11 Å². The zero-order valence-corrected chi connectivity index (χ0v) is 17.8. The summed E-state index contributed by atoms with van der Waals surface area (Å²) < 4.78 is 10.4. The topological polar surface area (TPSA) is 88.7 Å². The molecule has 0 aromatic heterocycles. The number of rotatable bonds is 6. The molecule has 0 aliphatic heterocycles. The number of amides is 2. The van der Waals surface area contributed by atoms with Crippen LogP contribution in [0.5, 0.6) is 11.5 Å². The second kappa shape index (κ2) is 10.2. The quantitative estimate of drug-likeness (QED) is 0.506. The van der Waals surface area contributed by atoms with Gasteiger partial charge in [0.2, 0.25) is 0 Å². The van der Waals surface area contributed by atoms with Crippen LogP contribution < -0.4 is 25.4 Å². The Morgan fingerprint density at radius 1 is 0.774 bits per heavy atom. The first kappa shape index (κ1) is 21.8. The maximum atomic E-state index is 12.5. The predicted octanol–water partition coefficient (Wildman–Crippen LogP) is 4.08. The summed E-state index contributed by atoms with van der Waals surface area (Å²) in [6.07, 6.45) is 0. The van der Waals surface area contributed by atoms with Crippen LogP contribution >= 0.6 is 12.2 Å². The zero-order valence-electron chi connectivity index (χ0n) is 17.0. The van der Waals surface area contributed by atoms with Crippen LogP contribution in [-0.4, -0.2) is 31.1 Å². The lowest BCUT2D eigenvalue weighted by Gasteiger charge is -2.13. The summed E-state index contributed by atoms with van der Waals surface area (Å²) in [6.45, 7) is 0. The highest BCUT2D eigenvalue weighted by atomic mass is 32.1. The van der Waals surface area contributed by atoms with Crippen LogP contribution in [0.15, 0.2) is 72.8 Å². The summed E-state index contributed by atoms with van der Waals surface area (Å²) in [5.41, 5.74) is 2.19. The van der Waals surface area contributed by atoms with E-state index in [0.717, 1.165) is 0 Å². The van der Waals surface area contributed by atoms with Crippen molar-refractivity contribution in [2.45, 2.75) is 0 Å². The van der Waals surface area contributed by atoms with Gasteiger partial charge in [-0.3, -0.25) is 14.9 Å². The second-order valence-electron chi connectivity index (χ2n) is 6.37. The first-order valence-electron chi connectivity index (χ1n) is 9.31. The van der Waals surface area contributed by atoms with Crippen LogP contribution in [0.4, 0.5) is 11.4 Å². The van der Waals surface area contributed by atoms with Crippen LogP contribution in [0, 0.1) is 0 Å². The number of anilines is 2. The van der Waals surface area contributed by atoms with Gasteiger partial charge in [-0.2, -0.15) is 0 Å². The van der Waals surface area contributed by atoms with Crippen LogP contribution in [0.1, 0.15) is 20.7 Å². The molecule has 0 saturated carbocycles. The van der Waals surface area contributed by atoms with Crippen LogP contribution in [0.25, 0.3) is 0 Å². The van der Waals surface area contributed by atoms with Gasteiger partial charge in [-0.05, 0) is 60.7 Å². The first-order chi connectivity index (χ1) is 15.0. The van der Waals surface area contributed by atoms with E-state index in [9.17, 15) is 9.59 Å². The molecule has 2 amide bonds. The fraction of sp³-hybridized carbons (Fsp3) is 0.0870. The molecule has 3 N–H and O–H groups in total. The molecule has 3 rings (SSSR count). The molecule has 0 fully saturated rings. The van der Waals surface area contributed by atoms with Crippen molar-refractivity contribution in [2.24, 2.45) is 0 Å². The van der Waals surface area contributed by atoms with Gasteiger partial charge < -0.3 is 20.1 Å². The van der Waals surface area contributed by atoms with E-state index in [-0.39, 0.29) is 11.0 Å². The van der Waals surface area contributed by atoms with Crippen molar-refractivity contribution in [2.75, 3.05) is 24.9 Å². The SMILES string of the molecule is COc1ccc(C(=O)NC(=S)Nc2ccc(NC(=O)c3ccccc3)cc2)c(OC)c1. The summed E-state index contributed by atoms with van der Waals surface area (Å²) in [5.74, 6) is 0.341. The molecular formula is C23H21N3O4S. The van der Waals surface area contributed by atoms with Crippen molar-refractivity contribution in [3.8, 4) is 11.5 Å². The standard InChI is InChI=1S/C23H21N3O4S/c1-29-18-12-13-19(20(14-18)30-2)22(28)26-23(31)25-17-10-8-16(9-11-17)24-21(27)15-6-4-3-5-7-15/h3-14H,1-2H3,(H,24,27)(H2,25,26,28,31). The van der Waals surface area contributed by atoms with Gasteiger partial charge in [-0.15, -0.1) is 0 Å². The lowest BCUT2D eigenvalue weighted by molar-refractivity contribution is 0.0973. The van der Waals surface area contributed by atoms with Crippen molar-refractivity contribution >= 4 is 40.5 Å². The summed E-state index contributed by atoms with van der Waals surface area (Å²) in [7, 11) is 3.01. The average Bonchev–Trinajstić information content (AvgIpc) is 2.80. The second-order valence-corrected chi connectivity index (χ2v) is 6.78. The van der Waals surface area contributed by atoms with Gasteiger partial charge in [-0.25, -0.2) is 0 Å². The van der Waals surface area contributed by atoms with Gasteiger partial charge in [0.25, 0.3) is 11.8 Å². The number of carbonyl (C=O) groups is 2. The number of ether oxygens (including phenoxy) is 2. The molecular weight excluding hydrogens is 414 g/mol. The number of hydrogen-bond donors (Lipinski definition) is 3. The number of methoxy groups -OCH3 is 2. The highest BCUT2D eigenvalue weighted by molar-refractivity contribution is 7.80. The summed E-state index contributed by atoms with van der Waals surface area (Å²) in [5, 5.41) is 8.50. The predicted molar refractivity (Wildman–Crippen MR) is 124 cm³/mol. The smallest absolute Gasteiger partial charge is 0.261 e. The Hall–Kier alpha value is -3.91. The van der Waals surface area contributed by atoms with Gasteiger partial charge in [0, 0.05) is 23.0 Å². The minimum Gasteiger partial charge on any atom is -0.497 e. The number of carbonyl (C=O) groups excluding carboxylic acids is 2. The Balaban J connectivity index is 1.58. The van der Waals surface area contributed by atoms with E-state index in [4.69, 9.17) is 21.7 Å². The molecule has 158 valence electrons. The molecule has 0 aliphatic rings. The van der Waals surface area contributed by atoms with E-state index in [1.54, 1.807) is 66.7 Å². The molecule has 0 heterocycles. The van der Waals surface area contributed by atoms with Gasteiger partial charge in [0.05, 0.1) is 19.8 Å². The lowest BCUT2D eigenvalue weighted by Crippen LogP contribution is -2.34. The highest BCUT2D eigenvalue weighted by Gasteiger charge is 2.15. The minimum absolute atomic E-state index is 0.129. The van der Waals surface area contributed by atoms with Crippen LogP contribution in [0.2, 0.25) is 0 Å². The normalized spacial score (nSPS) is 10.0. The summed E-state index contributed by atoms with van der Waals surface area (Å²) >= 11 is 5.23. The molecule has 0 bridgehead atoms. The number of benzene rings is 3. The molecule has 0 radical (unpaired) electrons. The Morgan fingerprint density at radius 2 is 1.42 bits per heavy atom. The van der Waals surface area contributed by atoms with E-state index in [0.29, 0.717) is 34.0 Å². The Labute approximate surface area is 185 Å². The van der Waals surface area contributed by atoms with Crippen molar-refractivity contribution in [3.63, 3.8) is 0 Å².